The van der Waals surface area contributed by atoms with Crippen LogP contribution < -0.4 is 10.9 Å². The summed E-state index contributed by atoms with van der Waals surface area (Å²) in [5.74, 6) is 0.640. The first kappa shape index (κ1) is 16.9. The van der Waals surface area contributed by atoms with E-state index in [0.717, 1.165) is 32.0 Å². The van der Waals surface area contributed by atoms with E-state index in [4.69, 9.17) is 4.74 Å². The van der Waals surface area contributed by atoms with E-state index in [1.165, 1.54) is 23.7 Å². The largest absolute Gasteiger partial charge is 0.375 e. The van der Waals surface area contributed by atoms with Crippen LogP contribution in [0.25, 0.3) is 10.9 Å². The van der Waals surface area contributed by atoms with Crippen molar-refractivity contribution in [2.45, 2.75) is 37.5 Å². The number of amides is 1. The molecular formula is C20H24N4O3. The molecule has 0 unspecified atom stereocenters. The van der Waals surface area contributed by atoms with Crippen LogP contribution in [0.1, 0.15) is 29.6 Å². The summed E-state index contributed by atoms with van der Waals surface area (Å²) >= 11 is 0. The van der Waals surface area contributed by atoms with Crippen LogP contribution in [0.15, 0.2) is 29.3 Å². The minimum absolute atomic E-state index is 0.107. The molecule has 1 N–H and O–H groups in total. The first-order chi connectivity index (χ1) is 13.1. The third-order valence-corrected chi connectivity index (χ3v) is 6.11. The number of carbonyl (C=O) groups excluding carboxylic acids is 1. The minimum Gasteiger partial charge on any atom is -0.375 e. The Morgan fingerprint density at radius 2 is 2.15 bits per heavy atom. The van der Waals surface area contributed by atoms with Crippen LogP contribution >= 0.6 is 0 Å². The Bertz CT molecular complexity index is 952. The molecule has 0 bridgehead atoms. The molecule has 1 aromatic heterocycles. The number of fused-ring (bicyclic) bond motifs is 2. The third kappa shape index (κ3) is 3.15. The molecule has 27 heavy (non-hydrogen) atoms. The van der Waals surface area contributed by atoms with Gasteiger partial charge in [0.05, 0.1) is 29.9 Å². The summed E-state index contributed by atoms with van der Waals surface area (Å²) in [5.41, 5.74) is 0.986. The fraction of sp³-hybridized carbons (Fsp3) is 0.550. The summed E-state index contributed by atoms with van der Waals surface area (Å²) in [6, 6.07) is 5.63. The van der Waals surface area contributed by atoms with Gasteiger partial charge in [-0.3, -0.25) is 14.5 Å². The van der Waals surface area contributed by atoms with Crippen molar-refractivity contribution in [3.8, 4) is 0 Å². The summed E-state index contributed by atoms with van der Waals surface area (Å²) in [5, 5.41) is 3.68. The number of nitrogens with one attached hydrogen (secondary N) is 1. The molecule has 2 saturated heterocycles. The summed E-state index contributed by atoms with van der Waals surface area (Å²) in [6.45, 7) is 2.65. The van der Waals surface area contributed by atoms with E-state index in [1.807, 2.05) is 0 Å². The Morgan fingerprint density at radius 3 is 2.96 bits per heavy atom. The molecule has 1 aromatic carbocycles. The fourth-order valence-electron chi connectivity index (χ4n) is 4.38. The van der Waals surface area contributed by atoms with Crippen molar-refractivity contribution in [1.29, 1.82) is 0 Å². The summed E-state index contributed by atoms with van der Waals surface area (Å²) in [7, 11) is 1.67. The maximum Gasteiger partial charge on any atom is 0.260 e. The van der Waals surface area contributed by atoms with Crippen molar-refractivity contribution >= 4 is 16.8 Å². The summed E-state index contributed by atoms with van der Waals surface area (Å²) in [4.78, 5) is 31.6. The molecule has 3 heterocycles. The van der Waals surface area contributed by atoms with Gasteiger partial charge in [-0.15, -0.1) is 0 Å². The molecule has 1 aliphatic carbocycles. The highest BCUT2D eigenvalue weighted by Gasteiger charge is 2.42. The lowest BCUT2D eigenvalue weighted by atomic mass is 10.1. The van der Waals surface area contributed by atoms with Gasteiger partial charge >= 0.3 is 0 Å². The number of nitrogens with zero attached hydrogens (tertiary/aromatic N) is 3. The maximum absolute atomic E-state index is 12.7. The second-order valence-electron chi connectivity index (χ2n) is 8.12. The number of ether oxygens (including phenoxy) is 1. The van der Waals surface area contributed by atoms with E-state index in [-0.39, 0.29) is 17.5 Å². The Balaban J connectivity index is 1.27. The van der Waals surface area contributed by atoms with Crippen molar-refractivity contribution in [3.63, 3.8) is 0 Å². The van der Waals surface area contributed by atoms with Gasteiger partial charge in [0.15, 0.2) is 0 Å². The van der Waals surface area contributed by atoms with Gasteiger partial charge in [0.2, 0.25) is 0 Å². The zero-order chi connectivity index (χ0) is 18.5. The van der Waals surface area contributed by atoms with Crippen molar-refractivity contribution in [2.75, 3.05) is 19.7 Å². The molecule has 2 aliphatic heterocycles. The van der Waals surface area contributed by atoms with Crippen LogP contribution in [0.3, 0.4) is 0 Å². The number of rotatable bonds is 3. The van der Waals surface area contributed by atoms with E-state index < -0.39 is 0 Å². The Morgan fingerprint density at radius 1 is 1.30 bits per heavy atom. The SMILES string of the molecule is Cn1cnc2cc(C(=O)N[C@H]3C[C@H]4CO[C@@H](C5CC5)CN4C3)ccc2c1=O. The van der Waals surface area contributed by atoms with Crippen LogP contribution in [0.4, 0.5) is 0 Å². The summed E-state index contributed by atoms with van der Waals surface area (Å²) in [6.07, 6.45) is 5.38. The molecule has 142 valence electrons. The minimum atomic E-state index is -0.108. The first-order valence-corrected chi connectivity index (χ1v) is 9.70. The average molecular weight is 368 g/mol. The number of benzene rings is 1. The Hall–Kier alpha value is -2.25. The Kier molecular flexibility index (Phi) is 4.02. The zero-order valence-electron chi connectivity index (χ0n) is 15.4. The first-order valence-electron chi connectivity index (χ1n) is 9.70. The van der Waals surface area contributed by atoms with E-state index >= 15 is 0 Å². The smallest absolute Gasteiger partial charge is 0.260 e. The molecular weight excluding hydrogens is 344 g/mol. The van der Waals surface area contributed by atoms with Crippen molar-refractivity contribution in [3.05, 3.63) is 40.4 Å². The van der Waals surface area contributed by atoms with Gasteiger partial charge in [0.25, 0.3) is 11.5 Å². The van der Waals surface area contributed by atoms with Crippen LogP contribution in [-0.2, 0) is 11.8 Å². The summed E-state index contributed by atoms with van der Waals surface area (Å²) < 4.78 is 7.47. The predicted molar refractivity (Wildman–Crippen MR) is 101 cm³/mol. The van der Waals surface area contributed by atoms with E-state index in [9.17, 15) is 9.59 Å². The second kappa shape index (κ2) is 6.42. The van der Waals surface area contributed by atoms with Crippen LogP contribution in [0.2, 0.25) is 0 Å². The van der Waals surface area contributed by atoms with Gasteiger partial charge in [0, 0.05) is 37.8 Å². The molecule has 1 saturated carbocycles. The predicted octanol–water partition coefficient (Wildman–Crippen LogP) is 0.915. The van der Waals surface area contributed by atoms with Crippen LogP contribution in [0.5, 0.6) is 0 Å². The molecule has 3 aliphatic rings. The van der Waals surface area contributed by atoms with Gasteiger partial charge in [-0.1, -0.05) is 0 Å². The van der Waals surface area contributed by atoms with Gasteiger partial charge in [-0.2, -0.15) is 0 Å². The lowest BCUT2D eigenvalue weighted by molar-refractivity contribution is -0.0581. The van der Waals surface area contributed by atoms with Crippen molar-refractivity contribution in [2.24, 2.45) is 13.0 Å². The average Bonchev–Trinajstić information content (AvgIpc) is 3.44. The zero-order valence-corrected chi connectivity index (χ0v) is 15.4. The van der Waals surface area contributed by atoms with E-state index in [0.29, 0.717) is 28.6 Å². The number of aromatic nitrogens is 2. The lowest BCUT2D eigenvalue weighted by Gasteiger charge is -2.35. The molecule has 1 amide bonds. The molecule has 2 aromatic rings. The normalized spacial score (nSPS) is 28.3. The van der Waals surface area contributed by atoms with Gasteiger partial charge in [-0.25, -0.2) is 4.98 Å². The molecule has 3 atom stereocenters. The second-order valence-corrected chi connectivity index (χ2v) is 8.12. The number of hydrogen-bond acceptors (Lipinski definition) is 5. The highest BCUT2D eigenvalue weighted by molar-refractivity contribution is 5.97. The number of hydrogen-bond donors (Lipinski definition) is 1. The molecule has 3 fully saturated rings. The van der Waals surface area contributed by atoms with Gasteiger partial charge in [-0.05, 0) is 43.4 Å². The molecule has 7 nitrogen and oxygen atoms in total. The number of morpholine rings is 1. The maximum atomic E-state index is 12.7. The lowest BCUT2D eigenvalue weighted by Crippen LogP contribution is -2.47. The standard InChI is InChI=1S/C20H24N4O3/c1-23-11-21-17-6-13(4-5-16(17)20(23)26)19(25)22-14-7-15-10-27-18(12-2-3-12)9-24(15)8-14/h4-6,11-12,14-15,18H,2-3,7-10H2,1H3,(H,22,25)/t14-,15-,18+/m0/s1. The molecule has 0 radical (unpaired) electrons. The topological polar surface area (TPSA) is 76.5 Å². The van der Waals surface area contributed by atoms with Crippen LogP contribution in [0, 0.1) is 5.92 Å². The van der Waals surface area contributed by atoms with Crippen molar-refractivity contribution in [1.82, 2.24) is 19.8 Å². The fourth-order valence-corrected chi connectivity index (χ4v) is 4.38. The Labute approximate surface area is 157 Å². The van der Waals surface area contributed by atoms with Gasteiger partial charge < -0.3 is 14.6 Å². The number of carbonyl (C=O) groups is 1. The molecule has 7 heteroatoms. The quantitative estimate of drug-likeness (QED) is 0.872. The highest BCUT2D eigenvalue weighted by Crippen LogP contribution is 2.37. The highest BCUT2D eigenvalue weighted by atomic mass is 16.5. The number of aryl methyl sites for hydroxylation is 1. The van der Waals surface area contributed by atoms with E-state index in [1.54, 1.807) is 25.2 Å². The van der Waals surface area contributed by atoms with Crippen molar-refractivity contribution < 1.29 is 9.53 Å². The monoisotopic (exact) mass is 368 g/mol. The van der Waals surface area contributed by atoms with Crippen LogP contribution in [-0.4, -0.2) is 58.2 Å². The van der Waals surface area contributed by atoms with Gasteiger partial charge in [0.1, 0.15) is 0 Å². The third-order valence-electron chi connectivity index (χ3n) is 6.11. The molecule has 5 rings (SSSR count). The molecule has 0 spiro atoms. The van der Waals surface area contributed by atoms with E-state index in [2.05, 4.69) is 15.2 Å².